The third-order valence-electron chi connectivity index (χ3n) is 2.97. The van der Waals surface area contributed by atoms with Crippen molar-refractivity contribution in [3.05, 3.63) is 48.0 Å². The SMILES string of the molecule is O=C(O)c1ccc(-c2cc(S(=O)(=O)O)ccc2S(=O)(=O)O)cc1. The van der Waals surface area contributed by atoms with E-state index in [1.54, 1.807) is 0 Å². The summed E-state index contributed by atoms with van der Waals surface area (Å²) in [6.45, 7) is 0. The van der Waals surface area contributed by atoms with Crippen molar-refractivity contribution in [3.8, 4) is 11.1 Å². The Balaban J connectivity index is 2.74. The second-order valence-corrected chi connectivity index (χ2v) is 7.30. The van der Waals surface area contributed by atoms with Gasteiger partial charge in [-0.25, -0.2) is 4.79 Å². The maximum Gasteiger partial charge on any atom is 0.335 e. The lowest BCUT2D eigenvalue weighted by molar-refractivity contribution is 0.0697. The van der Waals surface area contributed by atoms with E-state index in [2.05, 4.69) is 0 Å². The average Bonchev–Trinajstić information content (AvgIpc) is 2.45. The number of carboxylic acids is 1. The Hall–Kier alpha value is -2.27. The molecule has 0 aromatic heterocycles. The van der Waals surface area contributed by atoms with Crippen molar-refractivity contribution in [2.45, 2.75) is 9.79 Å². The summed E-state index contributed by atoms with van der Waals surface area (Å²) in [6.07, 6.45) is 0. The quantitative estimate of drug-likeness (QED) is 0.698. The Labute approximate surface area is 131 Å². The van der Waals surface area contributed by atoms with Gasteiger partial charge in [0.2, 0.25) is 0 Å². The lowest BCUT2D eigenvalue weighted by Crippen LogP contribution is -2.04. The summed E-state index contributed by atoms with van der Waals surface area (Å²) in [6, 6.07) is 7.40. The molecule has 0 bridgehead atoms. The fourth-order valence-corrected chi connectivity index (χ4v) is 3.11. The second-order valence-electron chi connectivity index (χ2n) is 4.49. The van der Waals surface area contributed by atoms with Crippen molar-refractivity contribution in [2.75, 3.05) is 0 Å². The first-order valence-corrected chi connectivity index (χ1v) is 8.81. The molecule has 3 N–H and O–H groups in total. The van der Waals surface area contributed by atoms with Gasteiger partial charge in [0.05, 0.1) is 10.5 Å². The van der Waals surface area contributed by atoms with Crippen LogP contribution in [0.15, 0.2) is 52.3 Å². The molecule has 0 amide bonds. The maximum atomic E-state index is 11.4. The highest BCUT2D eigenvalue weighted by Crippen LogP contribution is 2.30. The molecule has 0 atom stereocenters. The van der Waals surface area contributed by atoms with Gasteiger partial charge in [0.1, 0.15) is 4.90 Å². The smallest absolute Gasteiger partial charge is 0.335 e. The van der Waals surface area contributed by atoms with E-state index in [1.165, 1.54) is 24.3 Å². The number of hydrogen-bond acceptors (Lipinski definition) is 5. The normalized spacial score (nSPS) is 12.1. The van der Waals surface area contributed by atoms with Gasteiger partial charge in [0.15, 0.2) is 0 Å². The minimum Gasteiger partial charge on any atom is -0.478 e. The predicted octanol–water partition coefficient (Wildman–Crippen LogP) is 1.55. The molecule has 0 spiro atoms. The van der Waals surface area contributed by atoms with Crippen molar-refractivity contribution >= 4 is 26.2 Å². The first-order chi connectivity index (χ1) is 10.5. The van der Waals surface area contributed by atoms with Gasteiger partial charge in [-0.05, 0) is 35.9 Å². The van der Waals surface area contributed by atoms with Crippen LogP contribution in [0.25, 0.3) is 11.1 Å². The summed E-state index contributed by atoms with van der Waals surface area (Å²) < 4.78 is 63.5. The lowest BCUT2D eigenvalue weighted by Gasteiger charge is -2.09. The van der Waals surface area contributed by atoms with E-state index in [1.807, 2.05) is 0 Å². The van der Waals surface area contributed by atoms with Crippen LogP contribution in [0.5, 0.6) is 0 Å². The standard InChI is InChI=1S/C13H10O8S2/c14-13(15)9-3-1-8(2-4-9)11-7-10(22(16,17)18)5-6-12(11)23(19,20)21/h1-7H,(H,14,15)(H,16,17,18)(H,19,20,21). The summed E-state index contributed by atoms with van der Waals surface area (Å²) in [5.74, 6) is -1.20. The Morgan fingerprint density at radius 2 is 1.39 bits per heavy atom. The zero-order valence-electron chi connectivity index (χ0n) is 11.2. The Morgan fingerprint density at radius 3 is 1.83 bits per heavy atom. The number of aromatic carboxylic acids is 1. The van der Waals surface area contributed by atoms with Crippen LogP contribution in [0.4, 0.5) is 0 Å². The van der Waals surface area contributed by atoms with Crippen molar-refractivity contribution in [2.24, 2.45) is 0 Å². The average molecular weight is 358 g/mol. The molecule has 122 valence electrons. The van der Waals surface area contributed by atoms with Crippen LogP contribution in [0, 0.1) is 0 Å². The van der Waals surface area contributed by atoms with E-state index in [9.17, 15) is 26.2 Å². The fraction of sp³-hybridized carbons (Fsp3) is 0. The number of benzene rings is 2. The monoisotopic (exact) mass is 358 g/mol. The zero-order chi connectivity index (χ0) is 17.4. The predicted molar refractivity (Wildman–Crippen MR) is 78.5 cm³/mol. The van der Waals surface area contributed by atoms with Crippen LogP contribution in [0.2, 0.25) is 0 Å². The molecule has 0 aliphatic heterocycles. The fourth-order valence-electron chi connectivity index (χ4n) is 1.91. The van der Waals surface area contributed by atoms with Crippen LogP contribution >= 0.6 is 0 Å². The number of carbonyl (C=O) groups is 1. The van der Waals surface area contributed by atoms with E-state index in [4.69, 9.17) is 9.66 Å². The molecule has 23 heavy (non-hydrogen) atoms. The van der Waals surface area contributed by atoms with Gasteiger partial charge in [-0.1, -0.05) is 12.1 Å². The molecule has 2 aromatic carbocycles. The van der Waals surface area contributed by atoms with E-state index in [0.717, 1.165) is 18.2 Å². The molecule has 0 heterocycles. The maximum absolute atomic E-state index is 11.4. The van der Waals surface area contributed by atoms with Crippen molar-refractivity contribution in [3.63, 3.8) is 0 Å². The van der Waals surface area contributed by atoms with Gasteiger partial charge in [0.25, 0.3) is 20.2 Å². The molecule has 0 radical (unpaired) electrons. The minimum absolute atomic E-state index is 0.0620. The third kappa shape index (κ3) is 3.74. The van der Waals surface area contributed by atoms with E-state index in [0.29, 0.717) is 0 Å². The molecule has 2 aromatic rings. The largest absolute Gasteiger partial charge is 0.478 e. The Morgan fingerprint density at radius 1 is 0.826 bits per heavy atom. The highest BCUT2D eigenvalue weighted by atomic mass is 32.2. The highest BCUT2D eigenvalue weighted by Gasteiger charge is 2.20. The van der Waals surface area contributed by atoms with Gasteiger partial charge in [0, 0.05) is 5.56 Å². The Bertz CT molecular complexity index is 973. The summed E-state index contributed by atoms with van der Waals surface area (Å²) in [7, 11) is -9.25. The number of carboxylic acid groups (broad SMARTS) is 1. The van der Waals surface area contributed by atoms with Gasteiger partial charge in [-0.2, -0.15) is 16.8 Å². The zero-order valence-corrected chi connectivity index (χ0v) is 12.9. The minimum atomic E-state index is -4.66. The molecular weight excluding hydrogens is 348 g/mol. The molecule has 0 saturated heterocycles. The van der Waals surface area contributed by atoms with Gasteiger partial charge >= 0.3 is 5.97 Å². The first kappa shape index (κ1) is 17.1. The summed E-state index contributed by atoms with van der Waals surface area (Å²) in [4.78, 5) is 9.67. The Kier molecular flexibility index (Phi) is 4.26. The molecule has 0 saturated carbocycles. The van der Waals surface area contributed by atoms with E-state index < -0.39 is 36.0 Å². The molecule has 0 fully saturated rings. The van der Waals surface area contributed by atoms with Crippen molar-refractivity contribution in [1.29, 1.82) is 0 Å². The molecule has 0 aliphatic carbocycles. The van der Waals surface area contributed by atoms with Gasteiger partial charge in [-0.15, -0.1) is 0 Å². The van der Waals surface area contributed by atoms with Crippen molar-refractivity contribution in [1.82, 2.24) is 0 Å². The van der Waals surface area contributed by atoms with Crippen LogP contribution in [-0.4, -0.2) is 37.0 Å². The molecule has 10 heteroatoms. The first-order valence-electron chi connectivity index (χ1n) is 5.93. The number of hydrogen-bond donors (Lipinski definition) is 3. The second kappa shape index (κ2) is 5.74. The van der Waals surface area contributed by atoms with Crippen LogP contribution in [0.3, 0.4) is 0 Å². The molecule has 2 rings (SSSR count). The molecular formula is C13H10O8S2. The molecule has 8 nitrogen and oxygen atoms in total. The van der Waals surface area contributed by atoms with Crippen molar-refractivity contribution < 1.29 is 35.8 Å². The van der Waals surface area contributed by atoms with E-state index >= 15 is 0 Å². The third-order valence-corrected chi connectivity index (χ3v) is 4.73. The topological polar surface area (TPSA) is 146 Å². The molecule has 0 aliphatic rings. The van der Waals surface area contributed by atoms with Gasteiger partial charge in [-0.3, -0.25) is 9.11 Å². The summed E-state index contributed by atoms with van der Waals surface area (Å²) >= 11 is 0. The number of rotatable bonds is 4. The summed E-state index contributed by atoms with van der Waals surface area (Å²) in [5.41, 5.74) is -0.110. The van der Waals surface area contributed by atoms with Crippen LogP contribution < -0.4 is 0 Å². The lowest BCUT2D eigenvalue weighted by atomic mass is 10.0. The summed E-state index contributed by atoms with van der Waals surface area (Å²) in [5, 5.41) is 8.83. The molecule has 0 unspecified atom stereocenters. The van der Waals surface area contributed by atoms with E-state index in [-0.39, 0.29) is 16.7 Å². The van der Waals surface area contributed by atoms with Gasteiger partial charge < -0.3 is 5.11 Å². The highest BCUT2D eigenvalue weighted by molar-refractivity contribution is 7.86. The van der Waals surface area contributed by atoms with Crippen LogP contribution in [-0.2, 0) is 20.2 Å². The van der Waals surface area contributed by atoms with Crippen LogP contribution in [0.1, 0.15) is 10.4 Å².